The number of benzene rings is 1. The number of nitrogens with zero attached hydrogens (tertiary/aromatic N) is 1. The van der Waals surface area contributed by atoms with Crippen LogP contribution in [0.15, 0.2) is 23.2 Å². The highest BCUT2D eigenvalue weighted by atomic mass is 35.5. The lowest BCUT2D eigenvalue weighted by atomic mass is 9.89. The topological polar surface area (TPSA) is 59.6 Å². The van der Waals surface area contributed by atoms with Gasteiger partial charge >= 0.3 is 0 Å². The maximum atomic E-state index is 6.17. The molecule has 3 N–H and O–H groups in total. The molecule has 4 nitrogen and oxygen atoms in total. The Bertz CT molecular complexity index is 515. The molecule has 0 aliphatic carbocycles. The molecular formula is C14H19Cl2N3O. The number of hydrogen-bond acceptors (Lipinski definition) is 2. The van der Waals surface area contributed by atoms with E-state index in [9.17, 15) is 0 Å². The van der Waals surface area contributed by atoms with Gasteiger partial charge in [-0.1, -0.05) is 36.2 Å². The SMILES string of the molecule is CC(NC(N)=NCC1(C)COC1)c1ccc(Cl)cc1Cl. The largest absolute Gasteiger partial charge is 0.380 e. The van der Waals surface area contributed by atoms with Gasteiger partial charge in [0.05, 0.1) is 25.8 Å². The molecule has 0 saturated carbocycles. The van der Waals surface area contributed by atoms with Gasteiger partial charge in [-0.25, -0.2) is 0 Å². The summed E-state index contributed by atoms with van der Waals surface area (Å²) in [4.78, 5) is 4.36. The predicted octanol–water partition coefficient (Wildman–Crippen LogP) is 3.00. The summed E-state index contributed by atoms with van der Waals surface area (Å²) in [6, 6.07) is 5.38. The molecule has 1 saturated heterocycles. The zero-order chi connectivity index (χ0) is 14.8. The second-order valence-corrected chi connectivity index (χ2v) is 6.38. The number of nitrogens with two attached hydrogens (primary N) is 1. The molecule has 1 aliphatic heterocycles. The first-order valence-electron chi connectivity index (χ1n) is 6.49. The molecule has 2 rings (SSSR count). The molecule has 0 amide bonds. The van der Waals surface area contributed by atoms with Crippen LogP contribution in [0.25, 0.3) is 0 Å². The number of halogens is 2. The Hall–Kier alpha value is -0.970. The predicted molar refractivity (Wildman–Crippen MR) is 83.4 cm³/mol. The smallest absolute Gasteiger partial charge is 0.189 e. The van der Waals surface area contributed by atoms with Crippen molar-refractivity contribution in [2.24, 2.45) is 16.1 Å². The summed E-state index contributed by atoms with van der Waals surface area (Å²) in [6.45, 7) is 6.25. The Kier molecular flexibility index (Phi) is 4.78. The van der Waals surface area contributed by atoms with Crippen molar-refractivity contribution in [3.8, 4) is 0 Å². The average molecular weight is 316 g/mol. The summed E-state index contributed by atoms with van der Waals surface area (Å²) in [5, 5.41) is 4.37. The lowest BCUT2D eigenvalue weighted by Crippen LogP contribution is -2.43. The number of hydrogen-bond donors (Lipinski definition) is 2. The molecule has 1 atom stereocenters. The monoisotopic (exact) mass is 315 g/mol. The van der Waals surface area contributed by atoms with E-state index in [1.54, 1.807) is 12.1 Å². The van der Waals surface area contributed by atoms with Crippen LogP contribution in [0.4, 0.5) is 0 Å². The van der Waals surface area contributed by atoms with Gasteiger partial charge in [0.25, 0.3) is 0 Å². The van der Waals surface area contributed by atoms with Crippen LogP contribution in [0.5, 0.6) is 0 Å². The van der Waals surface area contributed by atoms with Crippen molar-refractivity contribution < 1.29 is 4.74 Å². The number of aliphatic imine (C=N–C) groups is 1. The first-order chi connectivity index (χ1) is 9.39. The summed E-state index contributed by atoms with van der Waals surface area (Å²) in [5.74, 6) is 0.414. The first kappa shape index (κ1) is 15.4. The molecule has 0 radical (unpaired) electrons. The van der Waals surface area contributed by atoms with Gasteiger partial charge in [-0.05, 0) is 24.6 Å². The van der Waals surface area contributed by atoms with Crippen LogP contribution in [0.2, 0.25) is 10.0 Å². The van der Waals surface area contributed by atoms with Crippen LogP contribution < -0.4 is 11.1 Å². The summed E-state index contributed by atoms with van der Waals surface area (Å²) >= 11 is 12.1. The van der Waals surface area contributed by atoms with Crippen LogP contribution in [0, 0.1) is 5.41 Å². The van der Waals surface area contributed by atoms with Crippen LogP contribution in [-0.4, -0.2) is 25.7 Å². The summed E-state index contributed by atoms with van der Waals surface area (Å²) in [5.41, 5.74) is 6.96. The quantitative estimate of drug-likeness (QED) is 0.663. The maximum absolute atomic E-state index is 6.17. The fourth-order valence-corrected chi connectivity index (χ4v) is 2.59. The number of rotatable bonds is 4. The number of ether oxygens (including phenoxy) is 1. The molecule has 110 valence electrons. The summed E-state index contributed by atoms with van der Waals surface area (Å²) < 4.78 is 5.19. The summed E-state index contributed by atoms with van der Waals surface area (Å²) in [6.07, 6.45) is 0. The maximum Gasteiger partial charge on any atom is 0.189 e. The van der Waals surface area contributed by atoms with Crippen molar-refractivity contribution in [1.29, 1.82) is 0 Å². The van der Waals surface area contributed by atoms with Gasteiger partial charge in [-0.3, -0.25) is 4.99 Å². The van der Waals surface area contributed by atoms with E-state index < -0.39 is 0 Å². The van der Waals surface area contributed by atoms with Crippen molar-refractivity contribution in [2.45, 2.75) is 19.9 Å². The Morgan fingerprint density at radius 3 is 2.75 bits per heavy atom. The zero-order valence-corrected chi connectivity index (χ0v) is 13.1. The standard InChI is InChI=1S/C14H19Cl2N3O/c1-9(11-4-3-10(15)5-12(11)16)19-13(17)18-6-14(2)7-20-8-14/h3-5,9H,6-8H2,1-2H3,(H3,17,18,19). The van der Waals surface area contributed by atoms with E-state index in [0.29, 0.717) is 22.5 Å². The number of guanidine groups is 1. The van der Waals surface area contributed by atoms with Gasteiger partial charge < -0.3 is 15.8 Å². The Morgan fingerprint density at radius 2 is 2.20 bits per heavy atom. The van der Waals surface area contributed by atoms with Crippen molar-refractivity contribution in [2.75, 3.05) is 19.8 Å². The molecule has 1 fully saturated rings. The molecule has 1 aliphatic rings. The molecular weight excluding hydrogens is 297 g/mol. The van der Waals surface area contributed by atoms with E-state index in [1.807, 2.05) is 13.0 Å². The lowest BCUT2D eigenvalue weighted by Gasteiger charge is -2.36. The van der Waals surface area contributed by atoms with Gasteiger partial charge in [-0.15, -0.1) is 0 Å². The highest BCUT2D eigenvalue weighted by molar-refractivity contribution is 6.35. The fraction of sp³-hybridized carbons (Fsp3) is 0.500. The molecule has 0 spiro atoms. The van der Waals surface area contributed by atoms with E-state index >= 15 is 0 Å². The van der Waals surface area contributed by atoms with E-state index in [4.69, 9.17) is 33.7 Å². The molecule has 1 aromatic rings. The fourth-order valence-electron chi connectivity index (χ4n) is 2.02. The van der Waals surface area contributed by atoms with Crippen LogP contribution in [0.3, 0.4) is 0 Å². The zero-order valence-electron chi connectivity index (χ0n) is 11.6. The molecule has 1 heterocycles. The normalized spacial score (nSPS) is 19.3. The summed E-state index contributed by atoms with van der Waals surface area (Å²) in [7, 11) is 0. The molecule has 0 bridgehead atoms. The van der Waals surface area contributed by atoms with Crippen LogP contribution >= 0.6 is 23.2 Å². The van der Waals surface area contributed by atoms with Crippen molar-refractivity contribution in [1.82, 2.24) is 5.32 Å². The van der Waals surface area contributed by atoms with Gasteiger partial charge in [0.15, 0.2) is 5.96 Å². The molecule has 0 aromatic heterocycles. The minimum Gasteiger partial charge on any atom is -0.380 e. The Balaban J connectivity index is 1.96. The van der Waals surface area contributed by atoms with E-state index in [1.165, 1.54) is 0 Å². The second-order valence-electron chi connectivity index (χ2n) is 5.54. The van der Waals surface area contributed by atoms with Crippen molar-refractivity contribution >= 4 is 29.2 Å². The minimum absolute atomic E-state index is 0.0334. The van der Waals surface area contributed by atoms with Crippen molar-refractivity contribution in [3.05, 3.63) is 33.8 Å². The highest BCUT2D eigenvalue weighted by Gasteiger charge is 2.33. The molecule has 1 aromatic carbocycles. The van der Waals surface area contributed by atoms with Gasteiger partial charge in [0.2, 0.25) is 0 Å². The van der Waals surface area contributed by atoms with E-state index in [0.717, 1.165) is 18.8 Å². The van der Waals surface area contributed by atoms with Gasteiger partial charge in [-0.2, -0.15) is 0 Å². The first-order valence-corrected chi connectivity index (χ1v) is 7.24. The second kappa shape index (κ2) is 6.20. The third-order valence-corrected chi connectivity index (χ3v) is 3.89. The van der Waals surface area contributed by atoms with Crippen LogP contribution in [0.1, 0.15) is 25.5 Å². The third kappa shape index (κ3) is 3.78. The van der Waals surface area contributed by atoms with E-state index in [-0.39, 0.29) is 11.5 Å². The van der Waals surface area contributed by atoms with Gasteiger partial charge in [0.1, 0.15) is 0 Å². The Morgan fingerprint density at radius 1 is 1.50 bits per heavy atom. The minimum atomic E-state index is -0.0334. The number of nitrogens with one attached hydrogen (secondary N) is 1. The molecule has 1 unspecified atom stereocenters. The van der Waals surface area contributed by atoms with E-state index in [2.05, 4.69) is 17.2 Å². The molecule has 6 heteroatoms. The lowest BCUT2D eigenvalue weighted by molar-refractivity contribution is -0.0945. The highest BCUT2D eigenvalue weighted by Crippen LogP contribution is 2.27. The third-order valence-electron chi connectivity index (χ3n) is 3.33. The Labute approximate surface area is 129 Å². The molecule has 20 heavy (non-hydrogen) atoms. The van der Waals surface area contributed by atoms with Crippen LogP contribution in [-0.2, 0) is 4.74 Å². The average Bonchev–Trinajstić information content (AvgIpc) is 2.33. The van der Waals surface area contributed by atoms with Gasteiger partial charge in [0, 0.05) is 15.5 Å². The van der Waals surface area contributed by atoms with Crippen molar-refractivity contribution in [3.63, 3.8) is 0 Å².